The van der Waals surface area contributed by atoms with Crippen molar-refractivity contribution in [2.24, 2.45) is 0 Å². The highest BCUT2D eigenvalue weighted by molar-refractivity contribution is 6.09. The maximum absolute atomic E-state index is 12.2. The highest BCUT2D eigenvalue weighted by Gasteiger charge is 2.16. The maximum Gasteiger partial charge on any atom is 0.174 e. The zero-order valence-corrected chi connectivity index (χ0v) is 13.0. The summed E-state index contributed by atoms with van der Waals surface area (Å²) in [4.78, 5) is 24.2. The Morgan fingerprint density at radius 3 is 2.17 bits per heavy atom. The van der Waals surface area contributed by atoms with E-state index in [1.807, 2.05) is 0 Å². The molecule has 0 saturated heterocycles. The second kappa shape index (κ2) is 7.45. The predicted molar refractivity (Wildman–Crippen MR) is 85.3 cm³/mol. The Bertz CT molecular complexity index is 704. The minimum absolute atomic E-state index is 0.0902. The number of rotatable bonds is 7. The lowest BCUT2D eigenvalue weighted by Crippen LogP contribution is -2.11. The zero-order chi connectivity index (χ0) is 16.8. The summed E-state index contributed by atoms with van der Waals surface area (Å²) in [6.07, 6.45) is -0.118. The molecule has 5 heteroatoms. The van der Waals surface area contributed by atoms with Gasteiger partial charge in [0.05, 0.1) is 26.2 Å². The van der Waals surface area contributed by atoms with E-state index in [9.17, 15) is 14.7 Å². The molecule has 0 atom stereocenters. The van der Waals surface area contributed by atoms with Gasteiger partial charge in [-0.15, -0.1) is 0 Å². The van der Waals surface area contributed by atoms with Gasteiger partial charge in [0.15, 0.2) is 5.78 Å². The van der Waals surface area contributed by atoms with E-state index in [4.69, 9.17) is 9.47 Å². The van der Waals surface area contributed by atoms with Crippen LogP contribution in [0.1, 0.15) is 22.3 Å². The highest BCUT2D eigenvalue weighted by atomic mass is 16.5. The third-order valence-corrected chi connectivity index (χ3v) is 3.42. The van der Waals surface area contributed by atoms with Gasteiger partial charge in [-0.25, -0.2) is 0 Å². The van der Waals surface area contributed by atoms with E-state index in [1.54, 1.807) is 37.4 Å². The molecule has 1 N–H and O–H groups in total. The van der Waals surface area contributed by atoms with E-state index in [0.717, 1.165) is 5.56 Å². The Hall–Kier alpha value is -2.82. The van der Waals surface area contributed by atoms with E-state index in [2.05, 4.69) is 0 Å². The number of carbonyl (C=O) groups excluding carboxylic acids is 2. The minimum Gasteiger partial charge on any atom is -0.507 e. The van der Waals surface area contributed by atoms with E-state index < -0.39 is 5.78 Å². The number of benzene rings is 2. The first kappa shape index (κ1) is 16.5. The van der Waals surface area contributed by atoms with E-state index >= 15 is 0 Å². The molecule has 0 unspecified atom stereocenters. The molecule has 0 fully saturated rings. The molecule has 23 heavy (non-hydrogen) atoms. The second-order valence-electron chi connectivity index (χ2n) is 5.05. The van der Waals surface area contributed by atoms with Crippen molar-refractivity contribution in [2.45, 2.75) is 12.8 Å². The van der Waals surface area contributed by atoms with E-state index in [-0.39, 0.29) is 29.9 Å². The molecular formula is C18H18O5. The fourth-order valence-corrected chi connectivity index (χ4v) is 2.17. The number of ketones is 2. The highest BCUT2D eigenvalue weighted by Crippen LogP contribution is 2.24. The van der Waals surface area contributed by atoms with Gasteiger partial charge in [0.1, 0.15) is 23.0 Å². The molecule has 0 aliphatic carbocycles. The first-order valence-corrected chi connectivity index (χ1v) is 7.08. The van der Waals surface area contributed by atoms with Crippen molar-refractivity contribution in [2.75, 3.05) is 14.2 Å². The molecule has 0 spiro atoms. The predicted octanol–water partition coefficient (Wildman–Crippen LogP) is 2.79. The summed E-state index contributed by atoms with van der Waals surface area (Å²) in [6, 6.07) is 11.4. The standard InChI is InChI=1S/C18H18O5/c1-22-14-5-3-12(4-6-14)9-13(19)10-18(21)16-11-15(23-2)7-8-17(16)20/h3-8,11,20H,9-10H2,1-2H3. The molecule has 5 nitrogen and oxygen atoms in total. The van der Waals surface area contributed by atoms with Gasteiger partial charge < -0.3 is 14.6 Å². The lowest BCUT2D eigenvalue weighted by Gasteiger charge is -2.07. The molecule has 0 heterocycles. The van der Waals surface area contributed by atoms with Gasteiger partial charge in [-0.1, -0.05) is 12.1 Å². The van der Waals surface area contributed by atoms with Crippen molar-refractivity contribution in [1.82, 2.24) is 0 Å². The number of ether oxygens (including phenoxy) is 2. The Balaban J connectivity index is 2.03. The molecule has 2 aromatic carbocycles. The summed E-state index contributed by atoms with van der Waals surface area (Å²) in [6.45, 7) is 0. The molecule has 2 rings (SSSR count). The van der Waals surface area contributed by atoms with Crippen LogP contribution in [0.3, 0.4) is 0 Å². The van der Waals surface area contributed by atoms with E-state index in [0.29, 0.717) is 11.5 Å². The van der Waals surface area contributed by atoms with Gasteiger partial charge in [0.25, 0.3) is 0 Å². The summed E-state index contributed by atoms with van der Waals surface area (Å²) < 4.78 is 10.1. The van der Waals surface area contributed by atoms with Crippen LogP contribution in [0.15, 0.2) is 42.5 Å². The van der Waals surface area contributed by atoms with Gasteiger partial charge in [-0.3, -0.25) is 9.59 Å². The Morgan fingerprint density at radius 1 is 0.957 bits per heavy atom. The first-order chi connectivity index (χ1) is 11.0. The Morgan fingerprint density at radius 2 is 1.57 bits per heavy atom. The maximum atomic E-state index is 12.2. The average molecular weight is 314 g/mol. The number of aromatic hydroxyl groups is 1. The third-order valence-electron chi connectivity index (χ3n) is 3.42. The smallest absolute Gasteiger partial charge is 0.174 e. The lowest BCUT2D eigenvalue weighted by atomic mass is 10.0. The molecule has 120 valence electrons. The zero-order valence-electron chi connectivity index (χ0n) is 13.0. The number of carbonyl (C=O) groups is 2. The number of hydrogen-bond donors (Lipinski definition) is 1. The van der Waals surface area contributed by atoms with Crippen molar-refractivity contribution in [1.29, 1.82) is 0 Å². The fraction of sp³-hybridized carbons (Fsp3) is 0.222. The summed E-state index contributed by atoms with van der Waals surface area (Å²) in [5, 5.41) is 9.76. The van der Waals surface area contributed by atoms with Crippen LogP contribution >= 0.6 is 0 Å². The summed E-state index contributed by atoms with van der Waals surface area (Å²) >= 11 is 0. The molecular weight excluding hydrogens is 296 g/mol. The number of hydrogen-bond acceptors (Lipinski definition) is 5. The number of phenolic OH excluding ortho intramolecular Hbond substituents is 1. The monoisotopic (exact) mass is 314 g/mol. The topological polar surface area (TPSA) is 72.8 Å². The molecule has 0 radical (unpaired) electrons. The first-order valence-electron chi connectivity index (χ1n) is 7.08. The fourth-order valence-electron chi connectivity index (χ4n) is 2.17. The van der Waals surface area contributed by atoms with Gasteiger partial charge >= 0.3 is 0 Å². The van der Waals surface area contributed by atoms with Crippen LogP contribution in [0.25, 0.3) is 0 Å². The van der Waals surface area contributed by atoms with Crippen molar-refractivity contribution >= 4 is 11.6 Å². The minimum atomic E-state index is -0.431. The van der Waals surface area contributed by atoms with Crippen LogP contribution in [-0.2, 0) is 11.2 Å². The summed E-state index contributed by atoms with van der Waals surface area (Å²) in [5.41, 5.74) is 0.894. The number of Topliss-reactive ketones (excluding diaryl/α,β-unsaturated/α-hetero) is 2. The van der Waals surface area contributed by atoms with Crippen LogP contribution in [0.2, 0.25) is 0 Å². The number of phenols is 1. The quantitative estimate of drug-likeness (QED) is 0.628. The molecule has 2 aromatic rings. The van der Waals surface area contributed by atoms with Crippen LogP contribution in [-0.4, -0.2) is 30.9 Å². The van der Waals surface area contributed by atoms with Gasteiger partial charge in [-0.05, 0) is 35.9 Å². The van der Waals surface area contributed by atoms with Crippen molar-refractivity contribution in [3.63, 3.8) is 0 Å². The molecule has 0 bridgehead atoms. The van der Waals surface area contributed by atoms with Gasteiger partial charge in [0, 0.05) is 6.42 Å². The lowest BCUT2D eigenvalue weighted by molar-refractivity contribution is -0.117. The largest absolute Gasteiger partial charge is 0.507 e. The molecule has 0 amide bonds. The van der Waals surface area contributed by atoms with Crippen molar-refractivity contribution < 1.29 is 24.2 Å². The van der Waals surface area contributed by atoms with Crippen molar-refractivity contribution in [3.05, 3.63) is 53.6 Å². The van der Waals surface area contributed by atoms with Crippen LogP contribution in [0, 0.1) is 0 Å². The second-order valence-corrected chi connectivity index (χ2v) is 5.05. The summed E-state index contributed by atoms with van der Waals surface area (Å²) in [5.74, 6) is 0.350. The van der Waals surface area contributed by atoms with Crippen LogP contribution < -0.4 is 9.47 Å². The summed E-state index contributed by atoms with van der Waals surface area (Å²) in [7, 11) is 3.04. The Labute approximate surface area is 134 Å². The Kier molecular flexibility index (Phi) is 5.36. The normalized spacial score (nSPS) is 10.2. The molecule has 0 aliphatic heterocycles. The third kappa shape index (κ3) is 4.32. The molecule has 0 saturated carbocycles. The average Bonchev–Trinajstić information content (AvgIpc) is 2.55. The van der Waals surface area contributed by atoms with Crippen molar-refractivity contribution in [3.8, 4) is 17.2 Å². The molecule has 0 aromatic heterocycles. The van der Waals surface area contributed by atoms with Crippen LogP contribution in [0.5, 0.6) is 17.2 Å². The molecule has 0 aliphatic rings. The van der Waals surface area contributed by atoms with Gasteiger partial charge in [0.2, 0.25) is 0 Å². The number of methoxy groups -OCH3 is 2. The SMILES string of the molecule is COc1ccc(CC(=O)CC(=O)c2cc(OC)ccc2O)cc1. The van der Waals surface area contributed by atoms with E-state index in [1.165, 1.54) is 19.2 Å². The van der Waals surface area contributed by atoms with Gasteiger partial charge in [-0.2, -0.15) is 0 Å². The van der Waals surface area contributed by atoms with Crippen LogP contribution in [0.4, 0.5) is 0 Å².